The lowest BCUT2D eigenvalue weighted by Gasteiger charge is -2.40. The molecule has 134 valence electrons. The lowest BCUT2D eigenvalue weighted by Crippen LogP contribution is -2.39. The van der Waals surface area contributed by atoms with E-state index in [0.717, 1.165) is 24.8 Å². The van der Waals surface area contributed by atoms with E-state index in [9.17, 15) is 4.79 Å². The van der Waals surface area contributed by atoms with Crippen LogP contribution < -0.4 is 0 Å². The van der Waals surface area contributed by atoms with Crippen LogP contribution >= 0.6 is 11.6 Å². The van der Waals surface area contributed by atoms with Crippen molar-refractivity contribution >= 4 is 17.6 Å². The fraction of sp³-hybridized carbons (Fsp3) is 0.474. The van der Waals surface area contributed by atoms with Gasteiger partial charge in [-0.1, -0.05) is 48.4 Å². The molecule has 5 nitrogen and oxygen atoms in total. The van der Waals surface area contributed by atoms with Gasteiger partial charge in [-0.05, 0) is 25.3 Å². The predicted octanol–water partition coefficient (Wildman–Crippen LogP) is 4.12. The topological polar surface area (TPSA) is 53.4 Å². The molecule has 1 fully saturated rings. The molecule has 25 heavy (non-hydrogen) atoms. The third kappa shape index (κ3) is 3.72. The van der Waals surface area contributed by atoms with Gasteiger partial charge in [-0.3, -0.25) is 0 Å². The number of esters is 1. The largest absolute Gasteiger partial charge is 0.460 e. The first-order chi connectivity index (χ1) is 12.1. The number of carbonyl (C=O) groups is 1. The molecular formula is C19H23ClN2O3. The van der Waals surface area contributed by atoms with Crippen LogP contribution in [0.3, 0.4) is 0 Å². The Morgan fingerprint density at radius 1 is 1.32 bits per heavy atom. The molecule has 1 atom stereocenters. The van der Waals surface area contributed by atoms with Crippen molar-refractivity contribution in [2.24, 2.45) is 5.41 Å². The van der Waals surface area contributed by atoms with Gasteiger partial charge in [0.2, 0.25) is 0 Å². The van der Waals surface area contributed by atoms with Gasteiger partial charge in [0, 0.05) is 12.5 Å². The second kappa shape index (κ2) is 7.58. The summed E-state index contributed by atoms with van der Waals surface area (Å²) in [6, 6.07) is 9.84. The summed E-state index contributed by atoms with van der Waals surface area (Å²) in [7, 11) is 1.68. The van der Waals surface area contributed by atoms with Crippen LogP contribution in [0.25, 0.3) is 0 Å². The van der Waals surface area contributed by atoms with Gasteiger partial charge in [0.15, 0.2) is 10.8 Å². The standard InChI is InChI=1S/C19H23ClN2O3/c1-14(15-7-4-3-5-8-15)22-13-21-17(20)16(22)18(23)25-12-19(11-24-2)9-6-10-19/h3-5,7-8,13-14H,6,9-12H2,1-2H3/t14-/m1/s1. The molecule has 0 radical (unpaired) electrons. The quantitative estimate of drug-likeness (QED) is 0.695. The van der Waals surface area contributed by atoms with Gasteiger partial charge in [0.05, 0.1) is 25.6 Å². The normalized spacial score (nSPS) is 16.9. The Hall–Kier alpha value is -1.85. The number of aromatic nitrogens is 2. The van der Waals surface area contributed by atoms with Crippen molar-refractivity contribution in [1.82, 2.24) is 9.55 Å². The van der Waals surface area contributed by atoms with Gasteiger partial charge in [-0.25, -0.2) is 9.78 Å². The zero-order valence-corrected chi connectivity index (χ0v) is 15.3. The number of rotatable bonds is 7. The van der Waals surface area contributed by atoms with Crippen LogP contribution in [0.4, 0.5) is 0 Å². The maximum absolute atomic E-state index is 12.7. The Kier molecular flexibility index (Phi) is 5.45. The van der Waals surface area contributed by atoms with Gasteiger partial charge in [0.1, 0.15) is 0 Å². The zero-order chi connectivity index (χ0) is 17.9. The summed E-state index contributed by atoms with van der Waals surface area (Å²) in [5.41, 5.74) is 1.32. The Labute approximate surface area is 152 Å². The Morgan fingerprint density at radius 2 is 2.04 bits per heavy atom. The summed E-state index contributed by atoms with van der Waals surface area (Å²) in [5, 5.41) is 0.169. The summed E-state index contributed by atoms with van der Waals surface area (Å²) in [6.07, 6.45) is 4.76. The number of ether oxygens (including phenoxy) is 2. The number of hydrogen-bond donors (Lipinski definition) is 0. The molecule has 6 heteroatoms. The Balaban J connectivity index is 1.76. The zero-order valence-electron chi connectivity index (χ0n) is 14.6. The molecule has 0 unspecified atom stereocenters. The number of methoxy groups -OCH3 is 1. The van der Waals surface area contributed by atoms with E-state index in [2.05, 4.69) is 4.98 Å². The fourth-order valence-electron chi connectivity index (χ4n) is 3.31. The first-order valence-corrected chi connectivity index (χ1v) is 8.87. The monoisotopic (exact) mass is 362 g/mol. The van der Waals surface area contributed by atoms with Crippen LogP contribution in [0.5, 0.6) is 0 Å². The lowest BCUT2D eigenvalue weighted by molar-refractivity contribution is -0.0406. The molecule has 0 spiro atoms. The number of carbonyl (C=O) groups excluding carboxylic acids is 1. The van der Waals surface area contributed by atoms with Gasteiger partial charge < -0.3 is 14.0 Å². The van der Waals surface area contributed by atoms with E-state index >= 15 is 0 Å². The van der Waals surface area contributed by atoms with Crippen molar-refractivity contribution in [3.05, 3.63) is 53.1 Å². The third-order valence-electron chi connectivity index (χ3n) is 5.02. The molecule has 3 rings (SSSR count). The van der Waals surface area contributed by atoms with Crippen LogP contribution in [-0.4, -0.2) is 35.8 Å². The SMILES string of the molecule is COCC1(COC(=O)c2c(Cl)ncn2[C@H](C)c2ccccc2)CCC1. The van der Waals surface area contributed by atoms with Gasteiger partial charge in [-0.2, -0.15) is 0 Å². The van der Waals surface area contributed by atoms with Crippen LogP contribution in [0.1, 0.15) is 48.3 Å². The second-order valence-corrected chi connectivity index (χ2v) is 7.10. The highest BCUT2D eigenvalue weighted by Crippen LogP contribution is 2.41. The number of imidazole rings is 1. The molecule has 0 bridgehead atoms. The molecule has 0 N–H and O–H groups in total. The van der Waals surface area contributed by atoms with Gasteiger partial charge >= 0.3 is 5.97 Å². The number of nitrogens with zero attached hydrogens (tertiary/aromatic N) is 2. The molecule has 1 saturated carbocycles. The molecule has 1 aromatic carbocycles. The van der Waals surface area contributed by atoms with E-state index in [1.807, 2.05) is 37.3 Å². The minimum absolute atomic E-state index is 0.0488. The van der Waals surface area contributed by atoms with Crippen molar-refractivity contribution in [3.63, 3.8) is 0 Å². The number of hydrogen-bond acceptors (Lipinski definition) is 4. The van der Waals surface area contributed by atoms with Crippen molar-refractivity contribution in [2.75, 3.05) is 20.3 Å². The van der Waals surface area contributed by atoms with Crippen molar-refractivity contribution < 1.29 is 14.3 Å². The maximum Gasteiger partial charge on any atom is 0.358 e. The Bertz CT molecular complexity index is 726. The highest BCUT2D eigenvalue weighted by Gasteiger charge is 2.39. The van der Waals surface area contributed by atoms with Gasteiger partial charge in [-0.15, -0.1) is 0 Å². The summed E-state index contributed by atoms with van der Waals surface area (Å²) in [5.74, 6) is -0.437. The minimum atomic E-state index is -0.437. The van der Waals surface area contributed by atoms with E-state index in [1.165, 1.54) is 0 Å². The summed E-state index contributed by atoms with van der Waals surface area (Å²) >= 11 is 6.17. The Morgan fingerprint density at radius 3 is 2.64 bits per heavy atom. The number of halogens is 1. The molecule has 0 aliphatic heterocycles. The van der Waals surface area contributed by atoms with Crippen molar-refractivity contribution in [1.29, 1.82) is 0 Å². The van der Waals surface area contributed by atoms with Crippen LogP contribution in [0.15, 0.2) is 36.7 Å². The summed E-state index contributed by atoms with van der Waals surface area (Å²) < 4.78 is 12.6. The molecule has 2 aromatic rings. The van der Waals surface area contributed by atoms with E-state index in [0.29, 0.717) is 18.9 Å². The van der Waals surface area contributed by atoms with Crippen molar-refractivity contribution in [3.8, 4) is 0 Å². The number of benzene rings is 1. The molecular weight excluding hydrogens is 340 g/mol. The molecule has 1 aromatic heterocycles. The summed E-state index contributed by atoms with van der Waals surface area (Å²) in [4.78, 5) is 16.8. The first kappa shape index (κ1) is 18.0. The minimum Gasteiger partial charge on any atom is -0.460 e. The average molecular weight is 363 g/mol. The highest BCUT2D eigenvalue weighted by molar-refractivity contribution is 6.32. The molecule has 0 saturated heterocycles. The summed E-state index contributed by atoms with van der Waals surface area (Å²) in [6.45, 7) is 2.96. The smallest absolute Gasteiger partial charge is 0.358 e. The predicted molar refractivity (Wildman–Crippen MR) is 95.9 cm³/mol. The molecule has 1 heterocycles. The average Bonchev–Trinajstić information content (AvgIpc) is 2.98. The lowest BCUT2D eigenvalue weighted by atomic mass is 9.70. The van der Waals surface area contributed by atoms with Crippen LogP contribution in [0.2, 0.25) is 5.15 Å². The fourth-order valence-corrected chi connectivity index (χ4v) is 3.53. The van der Waals surface area contributed by atoms with Crippen LogP contribution in [0, 0.1) is 5.41 Å². The molecule has 1 aliphatic rings. The third-order valence-corrected chi connectivity index (χ3v) is 5.29. The van der Waals surface area contributed by atoms with E-state index < -0.39 is 5.97 Å². The van der Waals surface area contributed by atoms with Gasteiger partial charge in [0.25, 0.3) is 0 Å². The highest BCUT2D eigenvalue weighted by atomic mass is 35.5. The second-order valence-electron chi connectivity index (χ2n) is 6.74. The maximum atomic E-state index is 12.7. The van der Waals surface area contributed by atoms with Crippen LogP contribution in [-0.2, 0) is 9.47 Å². The molecule has 0 amide bonds. The van der Waals surface area contributed by atoms with E-state index in [1.54, 1.807) is 18.0 Å². The van der Waals surface area contributed by atoms with E-state index in [-0.39, 0.29) is 16.6 Å². The first-order valence-electron chi connectivity index (χ1n) is 8.50. The molecule has 1 aliphatic carbocycles. The van der Waals surface area contributed by atoms with E-state index in [4.69, 9.17) is 21.1 Å². The van der Waals surface area contributed by atoms with Crippen molar-refractivity contribution in [2.45, 2.75) is 32.2 Å².